The summed E-state index contributed by atoms with van der Waals surface area (Å²) in [6, 6.07) is -0.261. The number of alkyl halides is 1. The second-order valence-electron chi connectivity index (χ2n) is 4.28. The van der Waals surface area contributed by atoms with E-state index >= 15 is 0 Å². The van der Waals surface area contributed by atoms with Gasteiger partial charge in [-0.2, -0.15) is 0 Å². The van der Waals surface area contributed by atoms with E-state index in [9.17, 15) is 9.59 Å². The Bertz CT molecular complexity index is 250. The van der Waals surface area contributed by atoms with E-state index in [1.165, 1.54) is 7.11 Å². The number of esters is 1. The summed E-state index contributed by atoms with van der Waals surface area (Å²) in [5.41, 5.74) is -0.537. The van der Waals surface area contributed by atoms with Crippen LogP contribution in [-0.2, 0) is 14.3 Å². The molecule has 0 aliphatic carbocycles. The van der Waals surface area contributed by atoms with Crippen molar-refractivity contribution in [2.75, 3.05) is 11.5 Å². The number of hydrogen-bond donors (Lipinski definition) is 1. The molecule has 0 aromatic carbocycles. The molecule has 0 rings (SSSR count). The summed E-state index contributed by atoms with van der Waals surface area (Å²) < 4.78 is 10.2. The molecular formula is C10H18INO4. The number of methoxy groups -OCH3 is 1. The third-order valence-electron chi connectivity index (χ3n) is 1.55. The maximum atomic E-state index is 11.4. The molecule has 0 spiro atoms. The third kappa shape index (κ3) is 7.72. The van der Waals surface area contributed by atoms with Crippen LogP contribution in [0.4, 0.5) is 4.79 Å². The second kappa shape index (κ2) is 6.93. The highest BCUT2D eigenvalue weighted by Gasteiger charge is 2.20. The van der Waals surface area contributed by atoms with Crippen LogP contribution < -0.4 is 5.32 Å². The van der Waals surface area contributed by atoms with Crippen LogP contribution >= 0.6 is 22.6 Å². The zero-order valence-corrected chi connectivity index (χ0v) is 12.2. The Morgan fingerprint density at radius 1 is 1.38 bits per heavy atom. The summed E-state index contributed by atoms with van der Waals surface area (Å²) in [6.45, 7) is 5.35. The Morgan fingerprint density at radius 2 is 1.94 bits per heavy atom. The standard InChI is InChI=1S/C10H18INO4/c1-10(2,3)16-9(14)12-7(6-11)5-8(13)15-4/h7H,5-6H2,1-4H3,(H,12,14)/t7-/m0/s1. The lowest BCUT2D eigenvalue weighted by Gasteiger charge is -2.22. The Kier molecular flexibility index (Phi) is 6.70. The summed E-state index contributed by atoms with van der Waals surface area (Å²) in [5.74, 6) is -0.349. The minimum Gasteiger partial charge on any atom is -0.469 e. The van der Waals surface area contributed by atoms with Gasteiger partial charge in [-0.25, -0.2) is 4.79 Å². The van der Waals surface area contributed by atoms with Gasteiger partial charge in [-0.15, -0.1) is 0 Å². The molecule has 1 atom stereocenters. The molecule has 0 saturated heterocycles. The number of nitrogens with one attached hydrogen (secondary N) is 1. The summed E-state index contributed by atoms with van der Waals surface area (Å²) in [6.07, 6.45) is -0.364. The molecule has 0 saturated carbocycles. The fraction of sp³-hybridized carbons (Fsp3) is 0.800. The lowest BCUT2D eigenvalue weighted by atomic mass is 10.2. The molecule has 0 unspecified atom stereocenters. The van der Waals surface area contributed by atoms with E-state index in [4.69, 9.17) is 4.74 Å². The normalized spacial score (nSPS) is 12.8. The number of carbonyl (C=O) groups is 2. The van der Waals surface area contributed by atoms with Crippen molar-refractivity contribution < 1.29 is 19.1 Å². The molecule has 6 heteroatoms. The Labute approximate surface area is 109 Å². The summed E-state index contributed by atoms with van der Waals surface area (Å²) in [7, 11) is 1.32. The topological polar surface area (TPSA) is 64.6 Å². The molecule has 0 aliphatic heterocycles. The van der Waals surface area contributed by atoms with Gasteiger partial charge in [0.05, 0.1) is 19.6 Å². The van der Waals surface area contributed by atoms with Crippen LogP contribution in [0.1, 0.15) is 27.2 Å². The molecule has 1 N–H and O–H groups in total. The van der Waals surface area contributed by atoms with Crippen LogP contribution in [0.2, 0.25) is 0 Å². The zero-order chi connectivity index (χ0) is 12.8. The number of alkyl carbamates (subject to hydrolysis) is 1. The van der Waals surface area contributed by atoms with Crippen LogP contribution in [0.25, 0.3) is 0 Å². The average molecular weight is 343 g/mol. The molecule has 0 aliphatic rings. The average Bonchev–Trinajstić information content (AvgIpc) is 2.13. The number of hydrogen-bond acceptors (Lipinski definition) is 4. The highest BCUT2D eigenvalue weighted by molar-refractivity contribution is 14.1. The van der Waals surface area contributed by atoms with Crippen LogP contribution in [0.5, 0.6) is 0 Å². The lowest BCUT2D eigenvalue weighted by Crippen LogP contribution is -2.41. The molecule has 0 aromatic heterocycles. The molecule has 0 bridgehead atoms. The smallest absolute Gasteiger partial charge is 0.407 e. The van der Waals surface area contributed by atoms with Gasteiger partial charge < -0.3 is 14.8 Å². The zero-order valence-electron chi connectivity index (χ0n) is 10.0. The number of carbonyl (C=O) groups excluding carboxylic acids is 2. The van der Waals surface area contributed by atoms with E-state index in [0.717, 1.165) is 0 Å². The quantitative estimate of drug-likeness (QED) is 0.481. The fourth-order valence-corrected chi connectivity index (χ4v) is 1.43. The van der Waals surface area contributed by atoms with E-state index in [2.05, 4.69) is 32.6 Å². The predicted molar refractivity (Wildman–Crippen MR) is 68.7 cm³/mol. The van der Waals surface area contributed by atoms with Crippen LogP contribution in [-0.4, -0.2) is 35.2 Å². The number of amides is 1. The second-order valence-corrected chi connectivity index (χ2v) is 5.16. The van der Waals surface area contributed by atoms with Crippen molar-refractivity contribution >= 4 is 34.7 Å². The first-order valence-corrected chi connectivity index (χ1v) is 6.43. The number of rotatable bonds is 4. The molecular weight excluding hydrogens is 325 g/mol. The minimum absolute atomic E-state index is 0.151. The minimum atomic E-state index is -0.537. The fourth-order valence-electron chi connectivity index (χ4n) is 0.903. The van der Waals surface area contributed by atoms with Gasteiger partial charge in [-0.3, -0.25) is 4.79 Å². The first-order chi connectivity index (χ1) is 7.28. The first kappa shape index (κ1) is 15.5. The Hall–Kier alpha value is -0.530. The van der Waals surface area contributed by atoms with E-state index in [-0.39, 0.29) is 18.4 Å². The van der Waals surface area contributed by atoms with Crippen LogP contribution in [0.3, 0.4) is 0 Å². The molecule has 94 valence electrons. The van der Waals surface area contributed by atoms with Crippen LogP contribution in [0.15, 0.2) is 0 Å². The molecule has 0 aromatic rings. The van der Waals surface area contributed by atoms with Crippen molar-refractivity contribution in [3.05, 3.63) is 0 Å². The van der Waals surface area contributed by atoms with Gasteiger partial charge in [-0.05, 0) is 20.8 Å². The summed E-state index contributed by atoms with van der Waals surface area (Å²) in [5, 5.41) is 2.62. The van der Waals surface area contributed by atoms with Gasteiger partial charge in [0, 0.05) is 4.43 Å². The van der Waals surface area contributed by atoms with E-state index in [0.29, 0.717) is 4.43 Å². The largest absolute Gasteiger partial charge is 0.469 e. The van der Waals surface area contributed by atoms with Crippen molar-refractivity contribution in [2.45, 2.75) is 38.8 Å². The van der Waals surface area contributed by atoms with Gasteiger partial charge >= 0.3 is 12.1 Å². The molecule has 1 amide bonds. The van der Waals surface area contributed by atoms with Crippen molar-refractivity contribution in [1.29, 1.82) is 0 Å². The van der Waals surface area contributed by atoms with Crippen LogP contribution in [0, 0.1) is 0 Å². The van der Waals surface area contributed by atoms with Crippen molar-refractivity contribution in [3.8, 4) is 0 Å². The monoisotopic (exact) mass is 343 g/mol. The third-order valence-corrected chi connectivity index (χ3v) is 2.61. The maximum absolute atomic E-state index is 11.4. The van der Waals surface area contributed by atoms with Crippen molar-refractivity contribution in [1.82, 2.24) is 5.32 Å². The molecule has 0 heterocycles. The molecule has 0 fully saturated rings. The number of halogens is 1. The van der Waals surface area contributed by atoms with E-state index in [1.54, 1.807) is 20.8 Å². The van der Waals surface area contributed by atoms with Crippen molar-refractivity contribution in [3.63, 3.8) is 0 Å². The number of ether oxygens (including phenoxy) is 2. The van der Waals surface area contributed by atoms with E-state index < -0.39 is 11.7 Å². The van der Waals surface area contributed by atoms with Gasteiger partial charge in [0.1, 0.15) is 5.60 Å². The molecule has 16 heavy (non-hydrogen) atoms. The predicted octanol–water partition coefficient (Wildman–Crippen LogP) is 1.88. The SMILES string of the molecule is COC(=O)C[C@@H](CI)NC(=O)OC(C)(C)C. The Morgan fingerprint density at radius 3 is 2.31 bits per heavy atom. The highest BCUT2D eigenvalue weighted by atomic mass is 127. The highest BCUT2D eigenvalue weighted by Crippen LogP contribution is 2.08. The van der Waals surface area contributed by atoms with Gasteiger partial charge in [-0.1, -0.05) is 22.6 Å². The van der Waals surface area contributed by atoms with Gasteiger partial charge in [0.25, 0.3) is 0 Å². The molecule has 5 nitrogen and oxygen atoms in total. The van der Waals surface area contributed by atoms with Crippen molar-refractivity contribution in [2.24, 2.45) is 0 Å². The van der Waals surface area contributed by atoms with E-state index in [1.807, 2.05) is 0 Å². The maximum Gasteiger partial charge on any atom is 0.407 e. The van der Waals surface area contributed by atoms with Gasteiger partial charge in [0.15, 0.2) is 0 Å². The lowest BCUT2D eigenvalue weighted by molar-refractivity contribution is -0.140. The molecule has 0 radical (unpaired) electrons. The van der Waals surface area contributed by atoms with Gasteiger partial charge in [0.2, 0.25) is 0 Å². The first-order valence-electron chi connectivity index (χ1n) is 4.90. The Balaban J connectivity index is 4.12. The summed E-state index contributed by atoms with van der Waals surface area (Å²) in [4.78, 5) is 22.4. The summed E-state index contributed by atoms with van der Waals surface area (Å²) >= 11 is 2.09.